The minimum absolute atomic E-state index is 0.0199. The highest BCUT2D eigenvalue weighted by atomic mass is 16.2. The zero-order valence-electron chi connectivity index (χ0n) is 16.2. The summed E-state index contributed by atoms with van der Waals surface area (Å²) >= 11 is 0. The number of nitrogen functional groups attached to an aromatic ring is 2. The van der Waals surface area contributed by atoms with Gasteiger partial charge in [-0.15, -0.1) is 0 Å². The summed E-state index contributed by atoms with van der Waals surface area (Å²) in [5.41, 5.74) is 13.9. The lowest BCUT2D eigenvalue weighted by Gasteiger charge is -2.30. The summed E-state index contributed by atoms with van der Waals surface area (Å²) in [6, 6.07) is 0. The molecular weight excluding hydrogens is 438 g/mol. The summed E-state index contributed by atoms with van der Waals surface area (Å²) in [5.74, 6) is -1.60. The quantitative estimate of drug-likeness (QED) is 0.199. The van der Waals surface area contributed by atoms with Gasteiger partial charge in [-0.25, -0.2) is 24.6 Å². The van der Waals surface area contributed by atoms with Crippen molar-refractivity contribution in [3.05, 3.63) is 33.4 Å². The van der Waals surface area contributed by atoms with E-state index in [1.54, 1.807) is 0 Å². The zero-order valence-corrected chi connectivity index (χ0v) is 16.2. The van der Waals surface area contributed by atoms with Gasteiger partial charge in [0.1, 0.15) is 19.0 Å². The van der Waals surface area contributed by atoms with E-state index in [2.05, 4.69) is 44.9 Å². The highest BCUT2D eigenvalue weighted by molar-refractivity contribution is 6.29. The van der Waals surface area contributed by atoms with Gasteiger partial charge in [0.2, 0.25) is 17.9 Å². The van der Waals surface area contributed by atoms with Crippen LogP contribution in [0, 0.1) is 0 Å². The second-order valence-corrected chi connectivity index (χ2v) is 6.92. The van der Waals surface area contributed by atoms with Crippen molar-refractivity contribution >= 4 is 58.3 Å². The first-order chi connectivity index (χ1) is 15.8. The van der Waals surface area contributed by atoms with Crippen LogP contribution in [0.3, 0.4) is 0 Å². The summed E-state index contributed by atoms with van der Waals surface area (Å²) in [6.45, 7) is 0. The minimum atomic E-state index is -1.96. The summed E-state index contributed by atoms with van der Waals surface area (Å²) in [4.78, 5) is 70.8. The topological polar surface area (TPSA) is 263 Å². The molecule has 6 heterocycles. The molecule has 0 aliphatic carbocycles. The average molecular weight is 449 g/mol. The molecule has 1 atom stereocenters. The molecule has 1 unspecified atom stereocenters. The number of imidazole rings is 2. The molecule has 0 saturated heterocycles. The van der Waals surface area contributed by atoms with Crippen molar-refractivity contribution in [2.24, 2.45) is 20.7 Å². The molecular formula is C15H11N15O3. The Hall–Kier alpha value is -5.42. The van der Waals surface area contributed by atoms with Crippen LogP contribution in [0.2, 0.25) is 0 Å². The van der Waals surface area contributed by atoms with Crippen molar-refractivity contribution in [3.8, 4) is 0 Å². The maximum absolute atomic E-state index is 13.2. The molecule has 164 valence electrons. The zero-order chi connectivity index (χ0) is 23.1. The van der Waals surface area contributed by atoms with E-state index in [4.69, 9.17) is 17.2 Å². The number of amidine groups is 1. The number of anilines is 2. The number of aromatic amines is 2. The van der Waals surface area contributed by atoms with Crippen LogP contribution >= 0.6 is 0 Å². The predicted octanol–water partition coefficient (Wildman–Crippen LogP) is -3.70. The van der Waals surface area contributed by atoms with Crippen LogP contribution in [0.25, 0.3) is 22.3 Å². The minimum Gasteiger partial charge on any atom is -0.369 e. The van der Waals surface area contributed by atoms with Crippen LogP contribution in [0.5, 0.6) is 0 Å². The van der Waals surface area contributed by atoms with Gasteiger partial charge in [-0.3, -0.25) is 28.9 Å². The Balaban J connectivity index is 1.62. The van der Waals surface area contributed by atoms with Crippen LogP contribution in [0.1, 0.15) is 0 Å². The summed E-state index contributed by atoms with van der Waals surface area (Å²) in [6.07, 6.45) is 3.67. The van der Waals surface area contributed by atoms with Gasteiger partial charge in [0, 0.05) is 0 Å². The van der Waals surface area contributed by atoms with E-state index in [0.717, 1.165) is 0 Å². The smallest absolute Gasteiger partial charge is 0.306 e. The molecule has 4 aromatic heterocycles. The van der Waals surface area contributed by atoms with Crippen molar-refractivity contribution in [2.75, 3.05) is 16.5 Å². The van der Waals surface area contributed by atoms with E-state index in [1.165, 1.54) is 33.2 Å². The van der Waals surface area contributed by atoms with E-state index in [1.807, 2.05) is 0 Å². The molecule has 0 spiro atoms. The lowest BCUT2D eigenvalue weighted by Crippen LogP contribution is -2.54. The summed E-state index contributed by atoms with van der Waals surface area (Å²) < 4.78 is 2.50. The lowest BCUT2D eigenvalue weighted by atomic mass is 10.1. The summed E-state index contributed by atoms with van der Waals surface area (Å²) in [5, 5.41) is 1.28. The molecule has 18 heteroatoms. The molecule has 0 bridgehead atoms. The highest BCUT2D eigenvalue weighted by Crippen LogP contribution is 2.33. The number of hydrogen-bond donors (Lipinski definition) is 5. The number of fused-ring (bicyclic) bond motifs is 3. The number of H-pyrrole nitrogens is 2. The maximum atomic E-state index is 13.2. The Bertz CT molecular complexity index is 1730. The van der Waals surface area contributed by atoms with Gasteiger partial charge in [-0.05, 0) is 0 Å². The van der Waals surface area contributed by atoms with Crippen LogP contribution in [-0.4, -0.2) is 63.2 Å². The van der Waals surface area contributed by atoms with Crippen LogP contribution in [-0.2, 0) is 10.5 Å². The Morgan fingerprint density at radius 3 is 2.21 bits per heavy atom. The van der Waals surface area contributed by atoms with E-state index >= 15 is 0 Å². The van der Waals surface area contributed by atoms with Crippen molar-refractivity contribution in [1.29, 1.82) is 0 Å². The van der Waals surface area contributed by atoms with Crippen molar-refractivity contribution in [2.45, 2.75) is 5.66 Å². The van der Waals surface area contributed by atoms with Crippen LogP contribution in [0.4, 0.5) is 11.9 Å². The fraction of sp³-hybridized carbons (Fsp3) is 0.0667. The van der Waals surface area contributed by atoms with Gasteiger partial charge in [-0.1, -0.05) is 0 Å². The molecule has 0 aromatic carbocycles. The number of amides is 1. The lowest BCUT2D eigenvalue weighted by molar-refractivity contribution is -0.123. The van der Waals surface area contributed by atoms with Gasteiger partial charge >= 0.3 is 5.91 Å². The number of carbonyl (C=O) groups is 1. The average Bonchev–Trinajstić information content (AvgIpc) is 3.43. The number of guanidine groups is 1. The number of aliphatic imine (C=N–C) groups is 3. The van der Waals surface area contributed by atoms with Crippen LogP contribution < -0.4 is 33.3 Å². The molecule has 1 amide bonds. The van der Waals surface area contributed by atoms with E-state index < -0.39 is 22.7 Å². The standard InChI is InChI=1S/C15H11N15O3/c16-12-22-6-4(8(31)24-12)19-1-28(6)15-10(26-14(18)27-11(15)33)30(3-21-15)29-2-20-5-7(29)23-13(17)25-9(5)32/h1-3H,(H2,18,27,33)(H3,16,22,24,31)(H3,17,23,25,32). The Morgan fingerprint density at radius 1 is 0.848 bits per heavy atom. The van der Waals surface area contributed by atoms with E-state index in [0.29, 0.717) is 0 Å². The fourth-order valence-electron chi connectivity index (χ4n) is 3.67. The predicted molar refractivity (Wildman–Crippen MR) is 114 cm³/mol. The number of carbonyl (C=O) groups excluding carboxylic acids is 1. The van der Waals surface area contributed by atoms with Crippen LogP contribution in [0.15, 0.2) is 37.2 Å². The number of hydrogen-bond acceptors (Lipinski definition) is 13. The van der Waals surface area contributed by atoms with Gasteiger partial charge in [0.15, 0.2) is 28.2 Å². The van der Waals surface area contributed by atoms with Gasteiger partial charge in [-0.2, -0.15) is 20.0 Å². The molecule has 6 rings (SSSR count). The first kappa shape index (κ1) is 18.4. The maximum Gasteiger partial charge on any atom is 0.306 e. The SMILES string of the molecule is NC1=NC(=O)C2(n3cnc4c(=O)[nH]c(N)nc43)N=CN(n3cnc4c(=O)[nH]c(N)nc43)C2=N1. The number of aromatic nitrogens is 8. The van der Waals surface area contributed by atoms with Crippen molar-refractivity contribution in [3.63, 3.8) is 0 Å². The Labute approximate surface area is 179 Å². The number of rotatable bonds is 2. The van der Waals surface area contributed by atoms with Crippen molar-refractivity contribution in [1.82, 2.24) is 39.1 Å². The summed E-state index contributed by atoms with van der Waals surface area (Å²) in [7, 11) is 0. The monoisotopic (exact) mass is 449 g/mol. The van der Waals surface area contributed by atoms with E-state index in [9.17, 15) is 14.4 Å². The Kier molecular flexibility index (Phi) is 3.25. The molecule has 2 aliphatic heterocycles. The van der Waals surface area contributed by atoms with Gasteiger partial charge < -0.3 is 17.2 Å². The number of nitrogens with zero attached hydrogens (tertiary/aromatic N) is 10. The first-order valence-corrected chi connectivity index (χ1v) is 9.08. The molecule has 0 saturated carbocycles. The number of nitrogens with two attached hydrogens (primary N) is 3. The molecule has 4 aromatic rings. The molecule has 18 nitrogen and oxygen atoms in total. The molecule has 33 heavy (non-hydrogen) atoms. The second-order valence-electron chi connectivity index (χ2n) is 6.92. The molecule has 8 N–H and O–H groups in total. The molecule has 0 radical (unpaired) electrons. The largest absolute Gasteiger partial charge is 0.369 e. The molecule has 2 aliphatic rings. The third-order valence-corrected chi connectivity index (χ3v) is 5.03. The second kappa shape index (κ2) is 5.84. The number of nitrogens with one attached hydrogen (secondary N) is 2. The van der Waals surface area contributed by atoms with Gasteiger partial charge in [0.05, 0.1) is 0 Å². The highest BCUT2D eigenvalue weighted by Gasteiger charge is 2.55. The van der Waals surface area contributed by atoms with E-state index in [-0.39, 0.29) is 46.0 Å². The fourth-order valence-corrected chi connectivity index (χ4v) is 3.67. The third-order valence-electron chi connectivity index (χ3n) is 5.03. The normalized spacial score (nSPS) is 19.9. The third kappa shape index (κ3) is 2.24. The first-order valence-electron chi connectivity index (χ1n) is 9.08. The Morgan fingerprint density at radius 2 is 1.48 bits per heavy atom. The van der Waals surface area contributed by atoms with Crippen molar-refractivity contribution < 1.29 is 4.79 Å². The molecule has 0 fully saturated rings. The van der Waals surface area contributed by atoms with Gasteiger partial charge in [0.25, 0.3) is 16.8 Å².